The van der Waals surface area contributed by atoms with Crippen molar-refractivity contribution in [2.75, 3.05) is 39.9 Å². The van der Waals surface area contributed by atoms with Gasteiger partial charge in [-0.2, -0.15) is 0 Å². The summed E-state index contributed by atoms with van der Waals surface area (Å²) in [5.41, 5.74) is 0.862. The van der Waals surface area contributed by atoms with Crippen LogP contribution in [0.15, 0.2) is 18.2 Å². The smallest absolute Gasteiger partial charge is 0.161 e. The number of benzene rings is 1. The summed E-state index contributed by atoms with van der Waals surface area (Å²) in [5, 5.41) is 14.0. The van der Waals surface area contributed by atoms with E-state index in [0.717, 1.165) is 31.7 Å². The van der Waals surface area contributed by atoms with E-state index in [1.54, 1.807) is 7.11 Å². The Balaban J connectivity index is 2.12. The number of nitrogens with zero attached hydrogens (tertiary/aromatic N) is 1. The zero-order valence-corrected chi connectivity index (χ0v) is 13.1. The van der Waals surface area contributed by atoms with Crippen molar-refractivity contribution in [3.63, 3.8) is 0 Å². The SMILES string of the molecule is CCOc1ccc(C(O)C(C)N2CCNCC2)cc1OC. The monoisotopic (exact) mass is 294 g/mol. The first kappa shape index (κ1) is 16.1. The molecule has 0 bridgehead atoms. The van der Waals surface area contributed by atoms with Gasteiger partial charge in [0.1, 0.15) is 0 Å². The average molecular weight is 294 g/mol. The Morgan fingerprint density at radius 3 is 2.62 bits per heavy atom. The van der Waals surface area contributed by atoms with Crippen LogP contribution in [0, 0.1) is 0 Å². The molecule has 21 heavy (non-hydrogen) atoms. The lowest BCUT2D eigenvalue weighted by Gasteiger charge is -2.35. The van der Waals surface area contributed by atoms with Gasteiger partial charge in [-0.15, -0.1) is 0 Å². The molecule has 5 nitrogen and oxygen atoms in total. The highest BCUT2D eigenvalue weighted by atomic mass is 16.5. The molecule has 1 saturated heterocycles. The zero-order valence-electron chi connectivity index (χ0n) is 13.1. The van der Waals surface area contributed by atoms with E-state index >= 15 is 0 Å². The summed E-state index contributed by atoms with van der Waals surface area (Å²) in [6.45, 7) is 8.48. The third kappa shape index (κ3) is 3.87. The number of methoxy groups -OCH3 is 1. The van der Waals surface area contributed by atoms with Gasteiger partial charge in [0.25, 0.3) is 0 Å². The van der Waals surface area contributed by atoms with Gasteiger partial charge in [-0.05, 0) is 31.5 Å². The molecule has 1 aliphatic heterocycles. The van der Waals surface area contributed by atoms with Crippen LogP contribution in [0.1, 0.15) is 25.5 Å². The van der Waals surface area contributed by atoms with Crippen LogP contribution in [-0.2, 0) is 0 Å². The Kier molecular flexibility index (Phi) is 5.85. The van der Waals surface area contributed by atoms with Crippen LogP contribution in [0.4, 0.5) is 0 Å². The van der Waals surface area contributed by atoms with Gasteiger partial charge in [0, 0.05) is 32.2 Å². The number of aliphatic hydroxyl groups is 1. The second kappa shape index (κ2) is 7.64. The van der Waals surface area contributed by atoms with Gasteiger partial charge in [-0.25, -0.2) is 0 Å². The summed E-state index contributed by atoms with van der Waals surface area (Å²) in [6, 6.07) is 5.73. The summed E-state index contributed by atoms with van der Waals surface area (Å²) in [4.78, 5) is 2.31. The minimum atomic E-state index is -0.535. The van der Waals surface area contributed by atoms with Crippen molar-refractivity contribution in [3.05, 3.63) is 23.8 Å². The predicted octanol–water partition coefficient (Wildman–Crippen LogP) is 1.42. The fourth-order valence-electron chi connectivity index (χ4n) is 2.71. The van der Waals surface area contributed by atoms with Gasteiger partial charge >= 0.3 is 0 Å². The molecule has 0 spiro atoms. The van der Waals surface area contributed by atoms with E-state index in [1.165, 1.54) is 0 Å². The van der Waals surface area contributed by atoms with Crippen LogP contribution < -0.4 is 14.8 Å². The Morgan fingerprint density at radius 1 is 1.29 bits per heavy atom. The zero-order chi connectivity index (χ0) is 15.2. The van der Waals surface area contributed by atoms with E-state index in [1.807, 2.05) is 25.1 Å². The molecule has 5 heteroatoms. The first-order chi connectivity index (χ1) is 10.2. The molecule has 0 radical (unpaired) electrons. The summed E-state index contributed by atoms with van der Waals surface area (Å²) in [6.07, 6.45) is -0.535. The van der Waals surface area contributed by atoms with Gasteiger partial charge in [0.05, 0.1) is 19.8 Å². The van der Waals surface area contributed by atoms with E-state index in [4.69, 9.17) is 9.47 Å². The number of piperazine rings is 1. The molecule has 1 aromatic carbocycles. The van der Waals surface area contributed by atoms with Crippen LogP contribution in [0.3, 0.4) is 0 Å². The number of ether oxygens (including phenoxy) is 2. The molecule has 1 aromatic rings. The maximum Gasteiger partial charge on any atom is 0.161 e. The molecule has 2 N–H and O–H groups in total. The quantitative estimate of drug-likeness (QED) is 0.831. The Bertz CT molecular complexity index is 447. The molecule has 0 amide bonds. The second-order valence-electron chi connectivity index (χ2n) is 5.31. The number of rotatable bonds is 6. The Morgan fingerprint density at radius 2 is 2.00 bits per heavy atom. The van der Waals surface area contributed by atoms with Gasteiger partial charge in [0.15, 0.2) is 11.5 Å². The molecule has 2 atom stereocenters. The van der Waals surface area contributed by atoms with Crippen molar-refractivity contribution < 1.29 is 14.6 Å². The molecule has 118 valence electrons. The van der Waals surface area contributed by atoms with E-state index in [0.29, 0.717) is 18.1 Å². The van der Waals surface area contributed by atoms with Crippen molar-refractivity contribution in [3.8, 4) is 11.5 Å². The average Bonchev–Trinajstić information content (AvgIpc) is 2.55. The maximum atomic E-state index is 10.6. The lowest BCUT2D eigenvalue weighted by Crippen LogP contribution is -2.49. The molecule has 0 aromatic heterocycles. The van der Waals surface area contributed by atoms with Gasteiger partial charge in [0.2, 0.25) is 0 Å². The number of hydrogen-bond donors (Lipinski definition) is 2. The lowest BCUT2D eigenvalue weighted by atomic mass is 10.0. The Hall–Kier alpha value is -1.30. The standard InChI is InChI=1S/C16H26N2O3/c1-4-21-14-6-5-13(11-15(14)20-3)16(19)12(2)18-9-7-17-8-10-18/h5-6,11-12,16-17,19H,4,7-10H2,1-3H3. The Labute approximate surface area is 126 Å². The maximum absolute atomic E-state index is 10.6. The predicted molar refractivity (Wildman–Crippen MR) is 83.0 cm³/mol. The first-order valence-electron chi connectivity index (χ1n) is 7.61. The minimum Gasteiger partial charge on any atom is -0.493 e. The van der Waals surface area contributed by atoms with E-state index in [9.17, 15) is 5.11 Å². The molecule has 1 heterocycles. The van der Waals surface area contributed by atoms with Crippen LogP contribution in [0.5, 0.6) is 11.5 Å². The highest BCUT2D eigenvalue weighted by molar-refractivity contribution is 5.43. The molecule has 2 rings (SSSR count). The van der Waals surface area contributed by atoms with Crippen molar-refractivity contribution in [2.24, 2.45) is 0 Å². The van der Waals surface area contributed by atoms with E-state index in [-0.39, 0.29) is 6.04 Å². The highest BCUT2D eigenvalue weighted by Crippen LogP contribution is 2.32. The third-order valence-corrected chi connectivity index (χ3v) is 4.01. The van der Waals surface area contributed by atoms with Gasteiger partial charge < -0.3 is 19.9 Å². The van der Waals surface area contributed by atoms with Crippen molar-refractivity contribution in [1.82, 2.24) is 10.2 Å². The second-order valence-corrected chi connectivity index (χ2v) is 5.31. The summed E-state index contributed by atoms with van der Waals surface area (Å²) in [7, 11) is 1.62. The van der Waals surface area contributed by atoms with Crippen LogP contribution in [0.25, 0.3) is 0 Å². The third-order valence-electron chi connectivity index (χ3n) is 4.01. The molecule has 2 unspecified atom stereocenters. The lowest BCUT2D eigenvalue weighted by molar-refractivity contribution is 0.0508. The molecule has 1 aliphatic rings. The molecular weight excluding hydrogens is 268 g/mol. The van der Waals surface area contributed by atoms with Crippen molar-refractivity contribution in [1.29, 1.82) is 0 Å². The summed E-state index contributed by atoms with van der Waals surface area (Å²) in [5.74, 6) is 1.38. The summed E-state index contributed by atoms with van der Waals surface area (Å²) < 4.78 is 10.9. The molecule has 1 fully saturated rings. The topological polar surface area (TPSA) is 54.0 Å². The fraction of sp³-hybridized carbons (Fsp3) is 0.625. The number of hydrogen-bond acceptors (Lipinski definition) is 5. The number of nitrogens with one attached hydrogen (secondary N) is 1. The van der Waals surface area contributed by atoms with Gasteiger partial charge in [-0.3, -0.25) is 4.90 Å². The van der Waals surface area contributed by atoms with E-state index < -0.39 is 6.10 Å². The van der Waals surface area contributed by atoms with Gasteiger partial charge in [-0.1, -0.05) is 6.07 Å². The molecule has 0 saturated carbocycles. The summed E-state index contributed by atoms with van der Waals surface area (Å²) >= 11 is 0. The largest absolute Gasteiger partial charge is 0.493 e. The minimum absolute atomic E-state index is 0.0785. The van der Waals surface area contributed by atoms with Crippen molar-refractivity contribution >= 4 is 0 Å². The molecule has 0 aliphatic carbocycles. The molecular formula is C16H26N2O3. The number of aliphatic hydroxyl groups excluding tert-OH is 1. The van der Waals surface area contributed by atoms with Crippen LogP contribution >= 0.6 is 0 Å². The normalized spacial score (nSPS) is 19.0. The van der Waals surface area contributed by atoms with Crippen molar-refractivity contribution in [2.45, 2.75) is 26.0 Å². The van der Waals surface area contributed by atoms with Crippen LogP contribution in [-0.4, -0.2) is 55.9 Å². The van der Waals surface area contributed by atoms with E-state index in [2.05, 4.69) is 17.1 Å². The van der Waals surface area contributed by atoms with Crippen LogP contribution in [0.2, 0.25) is 0 Å². The first-order valence-corrected chi connectivity index (χ1v) is 7.61. The fourth-order valence-corrected chi connectivity index (χ4v) is 2.71. The highest BCUT2D eigenvalue weighted by Gasteiger charge is 2.25.